The Morgan fingerprint density at radius 2 is 1.76 bits per heavy atom. The zero-order chi connectivity index (χ0) is 18.8. The molecule has 1 atom stereocenters. The number of benzene rings is 1. The van der Waals surface area contributed by atoms with Gasteiger partial charge in [-0.1, -0.05) is 37.7 Å². The number of ether oxygens (including phenoxy) is 1. The number of para-hydroxylation sites is 1. The molecule has 8 heteroatoms. The quantitative estimate of drug-likeness (QED) is 0.855. The van der Waals surface area contributed by atoms with E-state index < -0.39 is 29.1 Å². The Morgan fingerprint density at radius 1 is 1.12 bits per heavy atom. The molecule has 0 saturated heterocycles. The Hall–Kier alpha value is -2.64. The maximum atomic E-state index is 12.6. The molecule has 2 rings (SSSR count). The maximum absolute atomic E-state index is 12.6. The van der Waals surface area contributed by atoms with Crippen LogP contribution in [0.15, 0.2) is 24.3 Å². The lowest BCUT2D eigenvalue weighted by Gasteiger charge is -2.30. The number of nitrogens with zero attached hydrogens (tertiary/aromatic N) is 3. The molecule has 0 aliphatic carbocycles. The SMILES string of the molecule is CC(C)(C)OC(=O)N[C@H](C(=O)On1nnc2ccccc21)C(C)(C)C. The monoisotopic (exact) mass is 348 g/mol. The van der Waals surface area contributed by atoms with Crippen molar-refractivity contribution in [1.82, 2.24) is 20.5 Å². The van der Waals surface area contributed by atoms with Gasteiger partial charge in [-0.15, -0.1) is 5.10 Å². The van der Waals surface area contributed by atoms with Gasteiger partial charge in [0.05, 0.1) is 0 Å². The number of hydrogen-bond acceptors (Lipinski definition) is 6. The van der Waals surface area contributed by atoms with Crippen LogP contribution in [0.1, 0.15) is 41.5 Å². The molecular formula is C17H24N4O4. The van der Waals surface area contributed by atoms with Crippen molar-refractivity contribution in [3.63, 3.8) is 0 Å². The molecule has 1 heterocycles. The van der Waals surface area contributed by atoms with Crippen molar-refractivity contribution in [3.8, 4) is 0 Å². The highest BCUT2D eigenvalue weighted by molar-refractivity contribution is 5.83. The molecule has 0 bridgehead atoms. The van der Waals surface area contributed by atoms with Crippen LogP contribution < -0.4 is 10.2 Å². The smallest absolute Gasteiger partial charge is 0.408 e. The second kappa shape index (κ2) is 6.70. The maximum Gasteiger partial charge on any atom is 0.408 e. The molecule has 1 N–H and O–H groups in total. The van der Waals surface area contributed by atoms with Crippen LogP contribution in [0.4, 0.5) is 4.79 Å². The van der Waals surface area contributed by atoms with Gasteiger partial charge in [-0.3, -0.25) is 0 Å². The van der Waals surface area contributed by atoms with Crippen LogP contribution in [0.3, 0.4) is 0 Å². The average molecular weight is 348 g/mol. The van der Waals surface area contributed by atoms with Crippen molar-refractivity contribution in [2.45, 2.75) is 53.2 Å². The largest absolute Gasteiger partial charge is 0.444 e. The molecule has 0 saturated carbocycles. The minimum absolute atomic E-state index is 0.556. The lowest BCUT2D eigenvalue weighted by atomic mass is 9.87. The molecule has 1 aromatic heterocycles. The van der Waals surface area contributed by atoms with Crippen LogP contribution >= 0.6 is 0 Å². The van der Waals surface area contributed by atoms with E-state index in [1.807, 2.05) is 26.8 Å². The predicted octanol–water partition coefficient (Wildman–Crippen LogP) is 2.33. The Labute approximate surface area is 146 Å². The van der Waals surface area contributed by atoms with E-state index in [9.17, 15) is 9.59 Å². The molecular weight excluding hydrogens is 324 g/mol. The van der Waals surface area contributed by atoms with Crippen molar-refractivity contribution >= 4 is 23.1 Å². The van der Waals surface area contributed by atoms with Gasteiger partial charge in [-0.2, -0.15) is 0 Å². The molecule has 136 valence electrons. The zero-order valence-corrected chi connectivity index (χ0v) is 15.4. The van der Waals surface area contributed by atoms with E-state index in [0.717, 1.165) is 4.85 Å². The number of carbonyl (C=O) groups excluding carboxylic acids is 2. The first-order valence-electron chi connectivity index (χ1n) is 7.99. The number of carbonyl (C=O) groups is 2. The Morgan fingerprint density at radius 3 is 2.36 bits per heavy atom. The number of alkyl carbamates (subject to hydrolysis) is 1. The molecule has 2 aromatic rings. The van der Waals surface area contributed by atoms with Gasteiger partial charge < -0.3 is 14.9 Å². The first-order chi connectivity index (χ1) is 11.5. The molecule has 0 fully saturated rings. The van der Waals surface area contributed by atoms with E-state index in [0.29, 0.717) is 11.0 Å². The summed E-state index contributed by atoms with van der Waals surface area (Å²) in [7, 11) is 0. The van der Waals surface area contributed by atoms with Gasteiger partial charge in [0.1, 0.15) is 22.7 Å². The lowest BCUT2D eigenvalue weighted by molar-refractivity contribution is -0.150. The highest BCUT2D eigenvalue weighted by Crippen LogP contribution is 2.21. The minimum Gasteiger partial charge on any atom is -0.444 e. The Kier molecular flexibility index (Phi) is 5.01. The molecule has 0 spiro atoms. The summed E-state index contributed by atoms with van der Waals surface area (Å²) in [5.41, 5.74) is -0.105. The summed E-state index contributed by atoms with van der Waals surface area (Å²) in [4.78, 5) is 31.1. The van der Waals surface area contributed by atoms with Gasteiger partial charge in [-0.05, 0) is 43.5 Å². The topological polar surface area (TPSA) is 95.3 Å². The standard InChI is InChI=1S/C17H24N4O4/c1-16(2,3)13(18-15(23)24-17(4,5)6)14(22)25-21-12-10-8-7-9-11(12)19-20-21/h7-10,13H,1-6H3,(H,18,23)/t13-/m1/s1. The normalized spacial score (nSPS) is 13.4. The number of aromatic nitrogens is 3. The van der Waals surface area contributed by atoms with Gasteiger partial charge in [0.15, 0.2) is 0 Å². The number of fused-ring (bicyclic) bond motifs is 1. The van der Waals surface area contributed by atoms with E-state index in [2.05, 4.69) is 15.6 Å². The van der Waals surface area contributed by atoms with Gasteiger partial charge in [0.25, 0.3) is 0 Å². The van der Waals surface area contributed by atoms with E-state index in [1.54, 1.807) is 39.0 Å². The van der Waals surface area contributed by atoms with Crippen molar-refractivity contribution in [2.75, 3.05) is 0 Å². The van der Waals surface area contributed by atoms with Crippen LogP contribution in [0.2, 0.25) is 0 Å². The number of hydrogen-bond donors (Lipinski definition) is 1. The fraction of sp³-hybridized carbons (Fsp3) is 0.529. The van der Waals surface area contributed by atoms with Gasteiger partial charge >= 0.3 is 12.1 Å². The van der Waals surface area contributed by atoms with E-state index in [4.69, 9.17) is 9.57 Å². The van der Waals surface area contributed by atoms with Crippen molar-refractivity contribution < 1.29 is 19.2 Å². The number of rotatable bonds is 3. The molecule has 0 aliphatic rings. The summed E-state index contributed by atoms with van der Waals surface area (Å²) in [6.07, 6.45) is -0.687. The number of nitrogens with one attached hydrogen (secondary N) is 1. The summed E-state index contributed by atoms with van der Waals surface area (Å²) < 4.78 is 5.23. The van der Waals surface area contributed by atoms with Crippen molar-refractivity contribution in [1.29, 1.82) is 0 Å². The predicted molar refractivity (Wildman–Crippen MR) is 91.7 cm³/mol. The third-order valence-corrected chi connectivity index (χ3v) is 3.26. The molecule has 25 heavy (non-hydrogen) atoms. The first kappa shape index (κ1) is 18.7. The van der Waals surface area contributed by atoms with Crippen LogP contribution in [0.5, 0.6) is 0 Å². The molecule has 8 nitrogen and oxygen atoms in total. The van der Waals surface area contributed by atoms with Gasteiger partial charge in [-0.25, -0.2) is 9.59 Å². The second-order valence-electron chi connectivity index (χ2n) is 7.81. The van der Waals surface area contributed by atoms with Crippen LogP contribution in [-0.2, 0) is 9.53 Å². The van der Waals surface area contributed by atoms with E-state index in [-0.39, 0.29) is 0 Å². The summed E-state index contributed by atoms with van der Waals surface area (Å²) in [6, 6.07) is 6.16. The summed E-state index contributed by atoms with van der Waals surface area (Å²) in [6.45, 7) is 10.7. The highest BCUT2D eigenvalue weighted by Gasteiger charge is 2.36. The summed E-state index contributed by atoms with van der Waals surface area (Å²) in [5.74, 6) is -0.658. The lowest BCUT2D eigenvalue weighted by Crippen LogP contribution is -2.53. The van der Waals surface area contributed by atoms with Crippen LogP contribution in [0, 0.1) is 5.41 Å². The van der Waals surface area contributed by atoms with Crippen LogP contribution in [-0.4, -0.2) is 38.9 Å². The second-order valence-corrected chi connectivity index (χ2v) is 7.81. The molecule has 0 unspecified atom stereocenters. The molecule has 1 amide bonds. The molecule has 0 aliphatic heterocycles. The third kappa shape index (κ3) is 4.91. The zero-order valence-electron chi connectivity index (χ0n) is 15.4. The molecule has 1 aromatic carbocycles. The average Bonchev–Trinajstić information content (AvgIpc) is 2.85. The first-order valence-corrected chi connectivity index (χ1v) is 7.99. The third-order valence-electron chi connectivity index (χ3n) is 3.26. The summed E-state index contributed by atoms with van der Waals surface area (Å²) >= 11 is 0. The van der Waals surface area contributed by atoms with Gasteiger partial charge in [0.2, 0.25) is 0 Å². The Balaban J connectivity index is 2.17. The van der Waals surface area contributed by atoms with Gasteiger partial charge in [0, 0.05) is 0 Å². The fourth-order valence-electron chi connectivity index (χ4n) is 2.11. The van der Waals surface area contributed by atoms with Crippen molar-refractivity contribution in [3.05, 3.63) is 24.3 Å². The van der Waals surface area contributed by atoms with E-state index >= 15 is 0 Å². The van der Waals surface area contributed by atoms with Crippen LogP contribution in [0.25, 0.3) is 11.0 Å². The number of amides is 1. The molecule has 0 radical (unpaired) electrons. The van der Waals surface area contributed by atoms with Crippen molar-refractivity contribution in [2.24, 2.45) is 5.41 Å². The fourth-order valence-corrected chi connectivity index (χ4v) is 2.11. The van der Waals surface area contributed by atoms with E-state index in [1.165, 1.54) is 0 Å². The highest BCUT2D eigenvalue weighted by atomic mass is 16.7. The summed E-state index contributed by atoms with van der Waals surface area (Å²) in [5, 5.41) is 10.3. The Bertz CT molecular complexity index is 771. The minimum atomic E-state index is -0.926.